The number of nitrogens with zero attached hydrogens (tertiary/aromatic N) is 4. The molecule has 2 heterocycles. The number of aromatic nitrogens is 3. The summed E-state index contributed by atoms with van der Waals surface area (Å²) in [5.74, 6) is -0.613. The van der Waals surface area contributed by atoms with Gasteiger partial charge in [-0.1, -0.05) is 6.42 Å². The number of aliphatic carboxylic acids is 1. The van der Waals surface area contributed by atoms with E-state index in [0.29, 0.717) is 32.5 Å². The van der Waals surface area contributed by atoms with Crippen LogP contribution in [-0.4, -0.2) is 49.7 Å². The molecule has 1 N–H and O–H groups in total. The monoisotopic (exact) mass is 278 g/mol. The molecule has 0 unspecified atom stereocenters. The maximum atomic E-state index is 12.2. The lowest BCUT2D eigenvalue weighted by atomic mass is 9.81. The summed E-state index contributed by atoms with van der Waals surface area (Å²) < 4.78 is 1.61. The average molecular weight is 278 g/mol. The van der Waals surface area contributed by atoms with Crippen LogP contribution in [0.2, 0.25) is 0 Å². The van der Waals surface area contributed by atoms with Gasteiger partial charge in [0.25, 0.3) is 0 Å². The minimum absolute atomic E-state index is 0.00975. The SMILES string of the molecule is O=C(CCn1cncn1)N1C[C@@H]2CCC[C@@]2(C(=O)O)C1. The molecule has 1 saturated carbocycles. The van der Waals surface area contributed by atoms with Crippen molar-refractivity contribution in [3.8, 4) is 0 Å². The van der Waals surface area contributed by atoms with Crippen LogP contribution in [0, 0.1) is 11.3 Å². The van der Waals surface area contributed by atoms with Gasteiger partial charge in [0.1, 0.15) is 12.7 Å². The molecular weight excluding hydrogens is 260 g/mol. The van der Waals surface area contributed by atoms with Crippen LogP contribution in [-0.2, 0) is 16.1 Å². The highest BCUT2D eigenvalue weighted by Gasteiger charge is 2.55. The molecule has 3 rings (SSSR count). The Balaban J connectivity index is 1.62. The molecule has 7 heteroatoms. The third kappa shape index (κ3) is 2.07. The fourth-order valence-corrected chi connectivity index (χ4v) is 3.55. The van der Waals surface area contributed by atoms with E-state index in [2.05, 4.69) is 10.1 Å². The summed E-state index contributed by atoms with van der Waals surface area (Å²) in [7, 11) is 0. The van der Waals surface area contributed by atoms with Crippen LogP contribution in [0.3, 0.4) is 0 Å². The van der Waals surface area contributed by atoms with Gasteiger partial charge >= 0.3 is 5.97 Å². The zero-order chi connectivity index (χ0) is 14.2. The van der Waals surface area contributed by atoms with Crippen molar-refractivity contribution >= 4 is 11.9 Å². The van der Waals surface area contributed by atoms with Crippen molar-refractivity contribution in [2.75, 3.05) is 13.1 Å². The molecule has 1 aromatic rings. The fourth-order valence-electron chi connectivity index (χ4n) is 3.55. The maximum absolute atomic E-state index is 12.2. The third-order valence-electron chi connectivity index (χ3n) is 4.67. The zero-order valence-corrected chi connectivity index (χ0v) is 11.2. The Morgan fingerprint density at radius 3 is 2.95 bits per heavy atom. The molecule has 108 valence electrons. The Morgan fingerprint density at radius 1 is 1.45 bits per heavy atom. The standard InChI is InChI=1S/C13H18N4O3/c18-11(3-5-17-9-14-8-15-17)16-6-10-2-1-4-13(10,7-16)12(19)20/h8-10H,1-7H2,(H,19,20)/t10-,13+/m0/s1. The first kappa shape index (κ1) is 13.1. The van der Waals surface area contributed by atoms with Crippen LogP contribution in [0.15, 0.2) is 12.7 Å². The second kappa shape index (κ2) is 4.88. The van der Waals surface area contributed by atoms with Crippen LogP contribution in [0.1, 0.15) is 25.7 Å². The Labute approximate surface area is 116 Å². The van der Waals surface area contributed by atoms with Gasteiger partial charge < -0.3 is 10.0 Å². The quantitative estimate of drug-likeness (QED) is 0.860. The molecule has 0 spiro atoms. The molecule has 0 aromatic carbocycles. The van der Waals surface area contributed by atoms with Crippen LogP contribution in [0.25, 0.3) is 0 Å². The van der Waals surface area contributed by atoms with Crippen LogP contribution >= 0.6 is 0 Å². The van der Waals surface area contributed by atoms with Gasteiger partial charge in [-0.05, 0) is 18.8 Å². The minimum atomic E-state index is -0.744. The molecule has 2 atom stereocenters. The normalized spacial score (nSPS) is 28.6. The lowest BCUT2D eigenvalue weighted by molar-refractivity contribution is -0.149. The van der Waals surface area contributed by atoms with Crippen molar-refractivity contribution < 1.29 is 14.7 Å². The summed E-state index contributed by atoms with van der Waals surface area (Å²) >= 11 is 0. The van der Waals surface area contributed by atoms with E-state index in [9.17, 15) is 14.7 Å². The van der Waals surface area contributed by atoms with Crippen LogP contribution < -0.4 is 0 Å². The highest BCUT2D eigenvalue weighted by Crippen LogP contribution is 2.48. The summed E-state index contributed by atoms with van der Waals surface area (Å²) in [6.07, 6.45) is 5.91. The molecule has 0 bridgehead atoms. The summed E-state index contributed by atoms with van der Waals surface area (Å²) in [4.78, 5) is 29.3. The molecule has 2 fully saturated rings. The van der Waals surface area contributed by atoms with Crippen molar-refractivity contribution in [1.29, 1.82) is 0 Å². The van der Waals surface area contributed by atoms with E-state index in [1.807, 2.05) is 0 Å². The Morgan fingerprint density at radius 2 is 2.30 bits per heavy atom. The summed E-state index contributed by atoms with van der Waals surface area (Å²) in [6.45, 7) is 1.44. The molecule has 0 radical (unpaired) electrons. The summed E-state index contributed by atoms with van der Waals surface area (Å²) in [6, 6.07) is 0. The summed E-state index contributed by atoms with van der Waals surface area (Å²) in [5.41, 5.74) is -0.692. The van der Waals surface area contributed by atoms with Gasteiger partial charge in [-0.3, -0.25) is 14.3 Å². The van der Waals surface area contributed by atoms with Gasteiger partial charge in [-0.15, -0.1) is 0 Å². The van der Waals surface area contributed by atoms with E-state index >= 15 is 0 Å². The second-order valence-electron chi connectivity index (χ2n) is 5.73. The molecule has 2 aliphatic rings. The van der Waals surface area contributed by atoms with E-state index in [1.54, 1.807) is 15.9 Å². The topological polar surface area (TPSA) is 88.3 Å². The number of hydrogen-bond acceptors (Lipinski definition) is 4. The molecule has 1 saturated heterocycles. The number of carbonyl (C=O) groups excluding carboxylic acids is 1. The van der Waals surface area contributed by atoms with E-state index in [1.165, 1.54) is 6.33 Å². The van der Waals surface area contributed by atoms with Crippen LogP contribution in [0.4, 0.5) is 0 Å². The molecule has 1 amide bonds. The number of aryl methyl sites for hydroxylation is 1. The van der Waals surface area contributed by atoms with Crippen molar-refractivity contribution in [2.45, 2.75) is 32.2 Å². The minimum Gasteiger partial charge on any atom is -0.481 e. The summed E-state index contributed by atoms with van der Waals surface area (Å²) in [5, 5.41) is 13.4. The predicted molar refractivity (Wildman–Crippen MR) is 68.6 cm³/mol. The van der Waals surface area contributed by atoms with Crippen molar-refractivity contribution in [3.63, 3.8) is 0 Å². The zero-order valence-electron chi connectivity index (χ0n) is 11.2. The van der Waals surface area contributed by atoms with Gasteiger partial charge in [0.2, 0.25) is 5.91 Å². The molecule has 20 heavy (non-hydrogen) atoms. The van der Waals surface area contributed by atoms with Gasteiger partial charge in [-0.2, -0.15) is 5.10 Å². The number of amides is 1. The van der Waals surface area contributed by atoms with Gasteiger partial charge in [0.15, 0.2) is 0 Å². The number of fused-ring (bicyclic) bond motifs is 1. The van der Waals surface area contributed by atoms with Crippen molar-refractivity contribution in [1.82, 2.24) is 19.7 Å². The lowest BCUT2D eigenvalue weighted by Gasteiger charge is -2.23. The Kier molecular flexibility index (Phi) is 3.19. The number of carboxylic acid groups (broad SMARTS) is 1. The number of hydrogen-bond donors (Lipinski definition) is 1. The first-order valence-electron chi connectivity index (χ1n) is 6.95. The lowest BCUT2D eigenvalue weighted by Crippen LogP contribution is -2.37. The predicted octanol–water partition coefficient (Wildman–Crippen LogP) is 0.381. The highest BCUT2D eigenvalue weighted by atomic mass is 16.4. The highest BCUT2D eigenvalue weighted by molar-refractivity contribution is 5.81. The van der Waals surface area contributed by atoms with E-state index in [-0.39, 0.29) is 11.8 Å². The number of rotatable bonds is 4. The van der Waals surface area contributed by atoms with Gasteiger partial charge in [0, 0.05) is 19.5 Å². The Bertz CT molecular complexity index is 516. The smallest absolute Gasteiger partial charge is 0.311 e. The number of carbonyl (C=O) groups is 2. The van der Waals surface area contributed by atoms with E-state index < -0.39 is 11.4 Å². The van der Waals surface area contributed by atoms with Gasteiger partial charge in [0.05, 0.1) is 12.0 Å². The van der Waals surface area contributed by atoms with Gasteiger partial charge in [-0.25, -0.2) is 4.98 Å². The number of likely N-dealkylation sites (tertiary alicyclic amines) is 1. The average Bonchev–Trinajstić information content (AvgIpc) is 3.10. The second-order valence-corrected chi connectivity index (χ2v) is 5.73. The first-order valence-corrected chi connectivity index (χ1v) is 6.95. The molecule has 1 aliphatic carbocycles. The van der Waals surface area contributed by atoms with Crippen molar-refractivity contribution in [2.24, 2.45) is 11.3 Å². The van der Waals surface area contributed by atoms with Crippen LogP contribution in [0.5, 0.6) is 0 Å². The third-order valence-corrected chi connectivity index (χ3v) is 4.67. The van der Waals surface area contributed by atoms with E-state index in [4.69, 9.17) is 0 Å². The Hall–Kier alpha value is -1.92. The van der Waals surface area contributed by atoms with E-state index in [0.717, 1.165) is 12.8 Å². The molecular formula is C13H18N4O3. The van der Waals surface area contributed by atoms with Crippen molar-refractivity contribution in [3.05, 3.63) is 12.7 Å². The molecule has 1 aliphatic heterocycles. The first-order chi connectivity index (χ1) is 9.62. The largest absolute Gasteiger partial charge is 0.481 e. The fraction of sp³-hybridized carbons (Fsp3) is 0.692. The maximum Gasteiger partial charge on any atom is 0.311 e. The molecule has 1 aromatic heterocycles. The molecule has 7 nitrogen and oxygen atoms in total. The number of carboxylic acids is 1.